The van der Waals surface area contributed by atoms with Gasteiger partial charge in [-0.25, -0.2) is 0 Å². The van der Waals surface area contributed by atoms with Gasteiger partial charge >= 0.3 is 5.69 Å². The number of nitrogens with zero attached hydrogens (tertiary/aromatic N) is 1. The Morgan fingerprint density at radius 3 is 2.82 bits per heavy atom. The van der Waals surface area contributed by atoms with Gasteiger partial charge in [-0.05, 0) is 18.1 Å². The zero-order valence-electron chi connectivity index (χ0n) is 9.43. The maximum Gasteiger partial charge on any atom is 0.311 e. The van der Waals surface area contributed by atoms with Crippen molar-refractivity contribution in [2.24, 2.45) is 0 Å². The monoisotopic (exact) mass is 303 g/mol. The van der Waals surface area contributed by atoms with Crippen molar-refractivity contribution in [3.05, 3.63) is 33.9 Å². The molecule has 0 amide bonds. The fourth-order valence-electron chi connectivity index (χ4n) is 1.28. The van der Waals surface area contributed by atoms with Crippen LogP contribution in [0.1, 0.15) is 12.5 Å². The van der Waals surface area contributed by atoms with E-state index in [4.69, 9.17) is 4.74 Å². The van der Waals surface area contributed by atoms with Crippen LogP contribution in [0.4, 0.5) is 5.69 Å². The lowest BCUT2D eigenvalue weighted by Crippen LogP contribution is -2.19. The van der Waals surface area contributed by atoms with Gasteiger partial charge in [-0.3, -0.25) is 10.1 Å². The quantitative estimate of drug-likeness (QED) is 0.497. The molecule has 17 heavy (non-hydrogen) atoms. The van der Waals surface area contributed by atoms with E-state index in [0.717, 1.165) is 12.0 Å². The molecule has 0 radical (unpaired) electrons. The number of nitro benzene ring substituents is 1. The van der Waals surface area contributed by atoms with E-state index in [0.29, 0.717) is 5.33 Å². The van der Waals surface area contributed by atoms with Crippen LogP contribution in [-0.2, 0) is 6.42 Å². The Hall–Kier alpha value is -1.14. The van der Waals surface area contributed by atoms with Gasteiger partial charge in [0.25, 0.3) is 0 Å². The van der Waals surface area contributed by atoms with Gasteiger partial charge in [0.1, 0.15) is 6.61 Å². The molecular formula is C11H14BrNO4. The Kier molecular flexibility index (Phi) is 5.37. The van der Waals surface area contributed by atoms with E-state index in [9.17, 15) is 15.2 Å². The van der Waals surface area contributed by atoms with Crippen molar-refractivity contribution in [1.29, 1.82) is 0 Å². The summed E-state index contributed by atoms with van der Waals surface area (Å²) in [5, 5.41) is 20.5. The molecule has 0 heterocycles. The first-order valence-electron chi connectivity index (χ1n) is 5.22. The topological polar surface area (TPSA) is 72.6 Å². The highest BCUT2D eigenvalue weighted by molar-refractivity contribution is 9.09. The highest BCUT2D eigenvalue weighted by atomic mass is 79.9. The molecule has 94 valence electrons. The van der Waals surface area contributed by atoms with Crippen LogP contribution in [-0.4, -0.2) is 28.1 Å². The maximum atomic E-state index is 10.9. The van der Waals surface area contributed by atoms with Gasteiger partial charge in [-0.2, -0.15) is 0 Å². The maximum absolute atomic E-state index is 10.9. The number of aryl methyl sites for hydroxylation is 1. The number of hydrogen-bond acceptors (Lipinski definition) is 4. The van der Waals surface area contributed by atoms with E-state index < -0.39 is 11.0 Å². The predicted octanol–water partition coefficient (Wildman–Crippen LogP) is 2.29. The van der Waals surface area contributed by atoms with Crippen LogP contribution >= 0.6 is 15.9 Å². The van der Waals surface area contributed by atoms with Crippen LogP contribution < -0.4 is 4.74 Å². The molecule has 0 aromatic heterocycles. The van der Waals surface area contributed by atoms with Crippen LogP contribution in [0.2, 0.25) is 0 Å². The Morgan fingerprint density at radius 2 is 2.29 bits per heavy atom. The smallest absolute Gasteiger partial charge is 0.311 e. The standard InChI is InChI=1S/C11H14BrNO4/c1-2-8-3-4-11(10(5-8)13(15)16)17-7-9(14)6-12/h3-5,9,14H,2,6-7H2,1H3. The summed E-state index contributed by atoms with van der Waals surface area (Å²) in [5.74, 6) is 0.187. The Morgan fingerprint density at radius 1 is 1.59 bits per heavy atom. The van der Waals surface area contributed by atoms with E-state index in [-0.39, 0.29) is 18.0 Å². The van der Waals surface area contributed by atoms with Crippen LogP contribution in [0, 0.1) is 10.1 Å². The van der Waals surface area contributed by atoms with Gasteiger partial charge in [0.15, 0.2) is 5.75 Å². The van der Waals surface area contributed by atoms with Gasteiger partial charge in [0.05, 0.1) is 11.0 Å². The number of aliphatic hydroxyl groups excluding tert-OH is 1. The first-order valence-corrected chi connectivity index (χ1v) is 6.34. The van der Waals surface area contributed by atoms with Crippen molar-refractivity contribution >= 4 is 21.6 Å². The molecule has 1 aromatic rings. The molecule has 0 saturated carbocycles. The molecule has 0 bridgehead atoms. The molecule has 0 fully saturated rings. The summed E-state index contributed by atoms with van der Waals surface area (Å²) in [6.07, 6.45) is 0.0472. The van der Waals surface area contributed by atoms with E-state index in [1.165, 1.54) is 6.07 Å². The number of benzene rings is 1. The zero-order chi connectivity index (χ0) is 12.8. The summed E-state index contributed by atoms with van der Waals surface area (Å²) >= 11 is 3.09. The third-order valence-electron chi connectivity index (χ3n) is 2.24. The van der Waals surface area contributed by atoms with Crippen molar-refractivity contribution < 1.29 is 14.8 Å². The largest absolute Gasteiger partial charge is 0.484 e. The number of nitro groups is 1. The summed E-state index contributed by atoms with van der Waals surface area (Å²) in [6.45, 7) is 1.95. The molecule has 1 aromatic carbocycles. The van der Waals surface area contributed by atoms with Crippen molar-refractivity contribution in [3.8, 4) is 5.75 Å². The molecule has 0 aliphatic heterocycles. The normalized spacial score (nSPS) is 12.2. The van der Waals surface area contributed by atoms with Crippen molar-refractivity contribution in [3.63, 3.8) is 0 Å². The molecule has 1 unspecified atom stereocenters. The highest BCUT2D eigenvalue weighted by Crippen LogP contribution is 2.28. The van der Waals surface area contributed by atoms with Crippen LogP contribution in [0.15, 0.2) is 18.2 Å². The van der Waals surface area contributed by atoms with Crippen molar-refractivity contribution in [2.75, 3.05) is 11.9 Å². The Labute approximate surface area is 108 Å². The van der Waals surface area contributed by atoms with Crippen LogP contribution in [0.5, 0.6) is 5.75 Å². The second-order valence-electron chi connectivity index (χ2n) is 3.53. The van der Waals surface area contributed by atoms with Gasteiger partial charge < -0.3 is 9.84 Å². The first-order chi connectivity index (χ1) is 8.08. The Balaban J connectivity index is 2.87. The molecule has 6 heteroatoms. The first kappa shape index (κ1) is 13.9. The molecule has 1 N–H and O–H groups in total. The summed E-state index contributed by atoms with van der Waals surface area (Å²) in [7, 11) is 0. The summed E-state index contributed by atoms with van der Waals surface area (Å²) in [6, 6.07) is 4.84. The average Bonchev–Trinajstić information content (AvgIpc) is 2.35. The fraction of sp³-hybridized carbons (Fsp3) is 0.455. The van der Waals surface area contributed by atoms with Gasteiger partial charge in [-0.1, -0.05) is 28.9 Å². The number of aliphatic hydroxyl groups is 1. The predicted molar refractivity (Wildman–Crippen MR) is 67.8 cm³/mol. The lowest BCUT2D eigenvalue weighted by atomic mass is 10.1. The molecule has 1 rings (SSSR count). The van der Waals surface area contributed by atoms with Gasteiger partial charge in [0.2, 0.25) is 0 Å². The number of rotatable bonds is 6. The highest BCUT2D eigenvalue weighted by Gasteiger charge is 2.16. The number of hydrogen-bond donors (Lipinski definition) is 1. The molecular weight excluding hydrogens is 290 g/mol. The second kappa shape index (κ2) is 6.56. The number of ether oxygens (including phenoxy) is 1. The van der Waals surface area contributed by atoms with Gasteiger partial charge in [0, 0.05) is 11.4 Å². The minimum absolute atomic E-state index is 0.0254. The number of halogens is 1. The molecule has 0 spiro atoms. The summed E-state index contributed by atoms with van der Waals surface area (Å²) < 4.78 is 5.23. The summed E-state index contributed by atoms with van der Waals surface area (Å²) in [5.41, 5.74) is 0.816. The summed E-state index contributed by atoms with van der Waals surface area (Å²) in [4.78, 5) is 10.4. The van der Waals surface area contributed by atoms with Crippen LogP contribution in [0.3, 0.4) is 0 Å². The second-order valence-corrected chi connectivity index (χ2v) is 4.18. The van der Waals surface area contributed by atoms with E-state index in [2.05, 4.69) is 15.9 Å². The minimum Gasteiger partial charge on any atom is -0.484 e. The average molecular weight is 304 g/mol. The number of alkyl halides is 1. The zero-order valence-corrected chi connectivity index (χ0v) is 11.0. The molecule has 0 aliphatic carbocycles. The van der Waals surface area contributed by atoms with E-state index >= 15 is 0 Å². The lowest BCUT2D eigenvalue weighted by Gasteiger charge is -2.10. The van der Waals surface area contributed by atoms with Crippen LogP contribution in [0.25, 0.3) is 0 Å². The third-order valence-corrected chi connectivity index (χ3v) is 2.99. The molecule has 5 nitrogen and oxygen atoms in total. The minimum atomic E-state index is -0.680. The molecule has 1 atom stereocenters. The third kappa shape index (κ3) is 3.98. The Bertz CT molecular complexity index is 397. The van der Waals surface area contributed by atoms with Gasteiger partial charge in [-0.15, -0.1) is 0 Å². The SMILES string of the molecule is CCc1ccc(OCC(O)CBr)c([N+](=O)[O-])c1. The van der Waals surface area contributed by atoms with Crippen molar-refractivity contribution in [2.45, 2.75) is 19.4 Å². The van der Waals surface area contributed by atoms with E-state index in [1.807, 2.05) is 6.92 Å². The van der Waals surface area contributed by atoms with E-state index in [1.54, 1.807) is 12.1 Å². The fourth-order valence-corrected chi connectivity index (χ4v) is 1.47. The molecule has 0 saturated heterocycles. The lowest BCUT2D eigenvalue weighted by molar-refractivity contribution is -0.386. The molecule has 0 aliphatic rings. The van der Waals surface area contributed by atoms with Crippen molar-refractivity contribution in [1.82, 2.24) is 0 Å².